The van der Waals surface area contributed by atoms with Crippen LogP contribution in [0, 0.1) is 0 Å². The molecule has 1 aromatic rings. The van der Waals surface area contributed by atoms with Crippen molar-refractivity contribution < 1.29 is 20.1 Å². The summed E-state index contributed by atoms with van der Waals surface area (Å²) >= 11 is 5.47. The van der Waals surface area contributed by atoms with Gasteiger partial charge in [0.2, 0.25) is 0 Å². The maximum absolute atomic E-state index is 9.75. The van der Waals surface area contributed by atoms with Gasteiger partial charge in [-0.1, -0.05) is 6.07 Å². The first-order valence-corrected chi connectivity index (χ1v) is 5.42. The standard InChI is InChI=1S/C11H15ClO4/c1-16-10-3-2-7(6-9(10)14)11(15)8(13)4-5-12/h2-3,6,8,11,13-15H,4-5H2,1H3. The summed E-state index contributed by atoms with van der Waals surface area (Å²) in [5, 5.41) is 28.8. The van der Waals surface area contributed by atoms with E-state index in [1.54, 1.807) is 6.07 Å². The summed E-state index contributed by atoms with van der Waals surface area (Å²) in [5.41, 5.74) is 0.427. The Morgan fingerprint density at radius 1 is 1.38 bits per heavy atom. The van der Waals surface area contributed by atoms with Crippen LogP contribution in [0.1, 0.15) is 18.1 Å². The molecule has 1 aromatic carbocycles. The van der Waals surface area contributed by atoms with Gasteiger partial charge in [-0.2, -0.15) is 0 Å². The molecular weight excluding hydrogens is 232 g/mol. The number of halogens is 1. The summed E-state index contributed by atoms with van der Waals surface area (Å²) in [4.78, 5) is 0. The summed E-state index contributed by atoms with van der Waals surface area (Å²) in [5.74, 6) is 0.514. The number of hydrogen-bond donors (Lipinski definition) is 3. The van der Waals surface area contributed by atoms with Crippen LogP contribution in [0.25, 0.3) is 0 Å². The van der Waals surface area contributed by atoms with Gasteiger partial charge in [0, 0.05) is 5.88 Å². The van der Waals surface area contributed by atoms with Crippen LogP contribution in [0.2, 0.25) is 0 Å². The van der Waals surface area contributed by atoms with Crippen LogP contribution in [-0.4, -0.2) is 34.4 Å². The zero-order valence-corrected chi connectivity index (χ0v) is 9.68. The number of hydrogen-bond acceptors (Lipinski definition) is 4. The molecule has 0 aliphatic carbocycles. The minimum atomic E-state index is -1.06. The van der Waals surface area contributed by atoms with E-state index in [-0.39, 0.29) is 18.1 Å². The second-order valence-corrected chi connectivity index (χ2v) is 3.80. The van der Waals surface area contributed by atoms with Crippen LogP contribution in [0.5, 0.6) is 11.5 Å². The Labute approximate surface area is 99.1 Å². The smallest absolute Gasteiger partial charge is 0.160 e. The molecule has 5 heteroatoms. The number of alkyl halides is 1. The summed E-state index contributed by atoms with van der Waals surface area (Å²) in [6.07, 6.45) is -1.71. The fraction of sp³-hybridized carbons (Fsp3) is 0.455. The van der Waals surface area contributed by atoms with Gasteiger partial charge >= 0.3 is 0 Å². The summed E-state index contributed by atoms with van der Waals surface area (Å²) in [6.45, 7) is 0. The van der Waals surface area contributed by atoms with Crippen molar-refractivity contribution in [2.75, 3.05) is 13.0 Å². The second kappa shape index (κ2) is 5.94. The van der Waals surface area contributed by atoms with Crippen LogP contribution < -0.4 is 4.74 Å². The van der Waals surface area contributed by atoms with Gasteiger partial charge in [0.1, 0.15) is 6.10 Å². The van der Waals surface area contributed by atoms with E-state index in [1.165, 1.54) is 19.2 Å². The number of methoxy groups -OCH3 is 1. The SMILES string of the molecule is COc1ccc(C(O)C(O)CCCl)cc1O. The highest BCUT2D eigenvalue weighted by atomic mass is 35.5. The van der Waals surface area contributed by atoms with E-state index in [2.05, 4.69) is 0 Å². The minimum Gasteiger partial charge on any atom is -0.504 e. The van der Waals surface area contributed by atoms with Crippen molar-refractivity contribution in [3.63, 3.8) is 0 Å². The minimum absolute atomic E-state index is 0.0721. The zero-order valence-electron chi connectivity index (χ0n) is 8.93. The van der Waals surface area contributed by atoms with Crippen molar-refractivity contribution in [3.8, 4) is 11.5 Å². The Hall–Kier alpha value is -0.970. The van der Waals surface area contributed by atoms with Gasteiger partial charge in [0.05, 0.1) is 13.2 Å². The third kappa shape index (κ3) is 3.01. The topological polar surface area (TPSA) is 69.9 Å². The van der Waals surface area contributed by atoms with E-state index in [1.807, 2.05) is 0 Å². The molecule has 0 radical (unpaired) electrons. The molecule has 90 valence electrons. The summed E-state index contributed by atoms with van der Waals surface area (Å²) < 4.78 is 4.87. The molecule has 0 heterocycles. The molecule has 0 amide bonds. The third-order valence-electron chi connectivity index (χ3n) is 2.31. The first-order chi connectivity index (χ1) is 7.60. The molecule has 4 nitrogen and oxygen atoms in total. The van der Waals surface area contributed by atoms with Crippen molar-refractivity contribution in [2.24, 2.45) is 0 Å². The third-order valence-corrected chi connectivity index (χ3v) is 2.53. The van der Waals surface area contributed by atoms with Gasteiger partial charge in [-0.15, -0.1) is 11.6 Å². The molecule has 0 aliphatic rings. The van der Waals surface area contributed by atoms with Crippen LogP contribution in [-0.2, 0) is 0 Å². The molecule has 0 saturated heterocycles. The van der Waals surface area contributed by atoms with Crippen LogP contribution in [0.3, 0.4) is 0 Å². The van der Waals surface area contributed by atoms with E-state index in [4.69, 9.17) is 16.3 Å². The predicted molar refractivity (Wildman–Crippen MR) is 61.0 cm³/mol. The lowest BCUT2D eigenvalue weighted by atomic mass is 10.0. The number of benzene rings is 1. The Kier molecular flexibility index (Phi) is 4.86. The first-order valence-electron chi connectivity index (χ1n) is 4.89. The zero-order chi connectivity index (χ0) is 12.1. The second-order valence-electron chi connectivity index (χ2n) is 3.42. The maximum atomic E-state index is 9.75. The Bertz CT molecular complexity index is 343. The Balaban J connectivity index is 2.84. The first kappa shape index (κ1) is 13.1. The molecule has 0 aromatic heterocycles. The number of phenols is 1. The molecule has 0 spiro atoms. The average molecular weight is 247 g/mol. The van der Waals surface area contributed by atoms with Gasteiger partial charge in [-0.3, -0.25) is 0 Å². The molecular formula is C11H15ClO4. The van der Waals surface area contributed by atoms with E-state index in [0.29, 0.717) is 11.3 Å². The van der Waals surface area contributed by atoms with Crippen molar-refractivity contribution in [3.05, 3.63) is 23.8 Å². The summed E-state index contributed by atoms with van der Waals surface area (Å²) in [6, 6.07) is 4.48. The number of rotatable bonds is 5. The van der Waals surface area contributed by atoms with Gasteiger partial charge in [0.15, 0.2) is 11.5 Å². The molecule has 3 N–H and O–H groups in total. The number of aromatic hydroxyl groups is 1. The Morgan fingerprint density at radius 3 is 2.56 bits per heavy atom. The quantitative estimate of drug-likeness (QED) is 0.688. The largest absolute Gasteiger partial charge is 0.504 e. The van der Waals surface area contributed by atoms with E-state index in [0.717, 1.165) is 0 Å². The van der Waals surface area contributed by atoms with Crippen molar-refractivity contribution in [1.82, 2.24) is 0 Å². The van der Waals surface area contributed by atoms with Gasteiger partial charge in [-0.25, -0.2) is 0 Å². The van der Waals surface area contributed by atoms with Crippen molar-refractivity contribution in [2.45, 2.75) is 18.6 Å². The number of aliphatic hydroxyl groups excluding tert-OH is 2. The highest BCUT2D eigenvalue weighted by Crippen LogP contribution is 2.30. The molecule has 2 atom stereocenters. The molecule has 16 heavy (non-hydrogen) atoms. The maximum Gasteiger partial charge on any atom is 0.160 e. The Morgan fingerprint density at radius 2 is 2.06 bits per heavy atom. The van der Waals surface area contributed by atoms with E-state index < -0.39 is 12.2 Å². The molecule has 0 bridgehead atoms. The van der Waals surface area contributed by atoms with Crippen LogP contribution >= 0.6 is 11.6 Å². The highest BCUT2D eigenvalue weighted by Gasteiger charge is 2.18. The van der Waals surface area contributed by atoms with Gasteiger partial charge < -0.3 is 20.1 Å². The molecule has 1 rings (SSSR count). The fourth-order valence-corrected chi connectivity index (χ4v) is 1.61. The van der Waals surface area contributed by atoms with Gasteiger partial charge in [0.25, 0.3) is 0 Å². The van der Waals surface area contributed by atoms with Gasteiger partial charge in [-0.05, 0) is 24.1 Å². The average Bonchev–Trinajstić information content (AvgIpc) is 2.28. The predicted octanol–water partition coefficient (Wildman–Crippen LogP) is 1.42. The molecule has 0 fully saturated rings. The number of phenolic OH excluding ortho intramolecular Hbond substituents is 1. The highest BCUT2D eigenvalue weighted by molar-refractivity contribution is 6.17. The number of aliphatic hydroxyl groups is 2. The monoisotopic (exact) mass is 246 g/mol. The fourth-order valence-electron chi connectivity index (χ4n) is 1.38. The molecule has 0 saturated carbocycles. The van der Waals surface area contributed by atoms with Crippen LogP contribution in [0.15, 0.2) is 18.2 Å². The van der Waals surface area contributed by atoms with Crippen molar-refractivity contribution >= 4 is 11.6 Å². The lowest BCUT2D eigenvalue weighted by Gasteiger charge is -2.17. The molecule has 0 aliphatic heterocycles. The van der Waals surface area contributed by atoms with E-state index in [9.17, 15) is 15.3 Å². The van der Waals surface area contributed by atoms with E-state index >= 15 is 0 Å². The lowest BCUT2D eigenvalue weighted by Crippen LogP contribution is -2.18. The molecule has 2 unspecified atom stereocenters. The number of ether oxygens (including phenoxy) is 1. The summed E-state index contributed by atoms with van der Waals surface area (Å²) in [7, 11) is 1.44. The van der Waals surface area contributed by atoms with Crippen molar-refractivity contribution in [1.29, 1.82) is 0 Å². The lowest BCUT2D eigenvalue weighted by molar-refractivity contribution is 0.0168. The van der Waals surface area contributed by atoms with Crippen LogP contribution in [0.4, 0.5) is 0 Å². The normalized spacial score (nSPS) is 14.5.